The molecule has 1 aromatic carbocycles. The number of nitrogens with one attached hydrogen (secondary N) is 1. The lowest BCUT2D eigenvalue weighted by Crippen LogP contribution is -3.19. The highest BCUT2D eigenvalue weighted by Crippen LogP contribution is 2.19. The Morgan fingerprint density at radius 3 is 2.67 bits per heavy atom. The van der Waals surface area contributed by atoms with Gasteiger partial charge in [0.25, 0.3) is 5.91 Å². The molecule has 0 unspecified atom stereocenters. The Kier molecular flexibility index (Phi) is 4.09. The largest absolute Gasteiger partial charge is 0.365 e. The van der Waals surface area contributed by atoms with Gasteiger partial charge in [-0.1, -0.05) is 17.7 Å². The van der Waals surface area contributed by atoms with Crippen molar-refractivity contribution < 1.29 is 9.69 Å². The predicted molar refractivity (Wildman–Crippen MR) is 73.0 cm³/mol. The lowest BCUT2D eigenvalue weighted by Gasteiger charge is -2.35. The second-order valence-corrected chi connectivity index (χ2v) is 5.19. The summed E-state index contributed by atoms with van der Waals surface area (Å²) >= 11 is 5.99. The lowest BCUT2D eigenvalue weighted by atomic mass is 10.2. The van der Waals surface area contributed by atoms with Gasteiger partial charge in [-0.05, 0) is 25.1 Å². The van der Waals surface area contributed by atoms with E-state index in [2.05, 4.69) is 11.0 Å². The van der Waals surface area contributed by atoms with Crippen LogP contribution < -0.4 is 15.5 Å². The van der Waals surface area contributed by atoms with Gasteiger partial charge in [0.15, 0.2) is 6.04 Å². The highest BCUT2D eigenvalue weighted by Gasteiger charge is 2.27. The van der Waals surface area contributed by atoms with Crippen molar-refractivity contribution in [2.45, 2.75) is 13.0 Å². The third-order valence-electron chi connectivity index (χ3n) is 3.62. The van der Waals surface area contributed by atoms with Crippen molar-refractivity contribution in [2.75, 3.05) is 31.1 Å². The highest BCUT2D eigenvalue weighted by atomic mass is 35.5. The van der Waals surface area contributed by atoms with E-state index < -0.39 is 0 Å². The summed E-state index contributed by atoms with van der Waals surface area (Å²) in [4.78, 5) is 14.7. The molecule has 1 aromatic rings. The first-order valence-electron chi connectivity index (χ1n) is 6.22. The van der Waals surface area contributed by atoms with E-state index in [-0.39, 0.29) is 11.9 Å². The number of benzene rings is 1. The summed E-state index contributed by atoms with van der Waals surface area (Å²) < 4.78 is 0. The van der Waals surface area contributed by atoms with Crippen molar-refractivity contribution in [1.29, 1.82) is 0 Å². The van der Waals surface area contributed by atoms with Crippen LogP contribution in [0, 0.1) is 0 Å². The summed E-state index contributed by atoms with van der Waals surface area (Å²) in [7, 11) is 0. The van der Waals surface area contributed by atoms with Crippen molar-refractivity contribution in [2.24, 2.45) is 5.73 Å². The summed E-state index contributed by atoms with van der Waals surface area (Å²) in [6.45, 7) is 5.60. The fourth-order valence-electron chi connectivity index (χ4n) is 2.36. The summed E-state index contributed by atoms with van der Waals surface area (Å²) in [5.41, 5.74) is 6.49. The van der Waals surface area contributed by atoms with E-state index in [9.17, 15) is 4.79 Å². The van der Waals surface area contributed by atoms with Gasteiger partial charge >= 0.3 is 0 Å². The van der Waals surface area contributed by atoms with Crippen LogP contribution in [0.25, 0.3) is 0 Å². The van der Waals surface area contributed by atoms with Crippen molar-refractivity contribution in [3.05, 3.63) is 29.3 Å². The number of primary amides is 1. The second kappa shape index (κ2) is 5.59. The van der Waals surface area contributed by atoms with Crippen LogP contribution in [0.2, 0.25) is 5.02 Å². The van der Waals surface area contributed by atoms with Crippen LogP contribution >= 0.6 is 11.6 Å². The molecule has 98 valence electrons. The molecule has 0 bridgehead atoms. The summed E-state index contributed by atoms with van der Waals surface area (Å²) in [6.07, 6.45) is 0. The van der Waals surface area contributed by atoms with Gasteiger partial charge < -0.3 is 15.5 Å². The third-order valence-corrected chi connectivity index (χ3v) is 3.85. The van der Waals surface area contributed by atoms with Gasteiger partial charge in [-0.2, -0.15) is 0 Å². The maximum Gasteiger partial charge on any atom is 0.275 e. The van der Waals surface area contributed by atoms with E-state index >= 15 is 0 Å². The molecule has 1 saturated heterocycles. The normalized spacial score (nSPS) is 18.7. The van der Waals surface area contributed by atoms with E-state index in [0.29, 0.717) is 0 Å². The Morgan fingerprint density at radius 1 is 1.44 bits per heavy atom. The molecule has 0 aromatic heterocycles. The summed E-state index contributed by atoms with van der Waals surface area (Å²) in [5.74, 6) is -0.221. The Hall–Kier alpha value is -1.26. The lowest BCUT2D eigenvalue weighted by molar-refractivity contribution is -0.914. The molecular formula is C13H19ClN3O+. The monoisotopic (exact) mass is 268 g/mol. The molecule has 5 heteroatoms. The van der Waals surface area contributed by atoms with Crippen LogP contribution in [0.15, 0.2) is 24.3 Å². The minimum atomic E-state index is -0.221. The van der Waals surface area contributed by atoms with E-state index in [4.69, 9.17) is 17.3 Å². The van der Waals surface area contributed by atoms with E-state index in [1.54, 1.807) is 0 Å². The fraction of sp³-hybridized carbons (Fsp3) is 0.462. The quantitative estimate of drug-likeness (QED) is 0.806. The number of rotatable bonds is 3. The molecule has 0 spiro atoms. The molecule has 18 heavy (non-hydrogen) atoms. The number of halogens is 1. The van der Waals surface area contributed by atoms with Crippen LogP contribution in [0.5, 0.6) is 0 Å². The van der Waals surface area contributed by atoms with Crippen LogP contribution in [-0.4, -0.2) is 38.1 Å². The molecule has 1 aliphatic heterocycles. The third kappa shape index (κ3) is 2.94. The maximum atomic E-state index is 11.2. The standard InChI is InChI=1S/C13H18ClN3O/c1-10(13(15)18)16-5-7-17(8-6-16)12-4-2-3-11(14)9-12/h2-4,9-10H,5-8H2,1H3,(H2,15,18)/p+1/t10-/m1/s1. The molecule has 1 heterocycles. The number of quaternary nitrogens is 1. The van der Waals surface area contributed by atoms with Crippen molar-refractivity contribution in [3.8, 4) is 0 Å². The van der Waals surface area contributed by atoms with Gasteiger partial charge in [0.05, 0.1) is 26.2 Å². The number of nitrogens with two attached hydrogens (primary N) is 1. The molecule has 2 rings (SSSR count). The minimum absolute atomic E-state index is 0.105. The average molecular weight is 269 g/mol. The first-order chi connectivity index (χ1) is 8.58. The molecule has 1 aliphatic rings. The molecule has 1 fully saturated rings. The number of hydrogen-bond acceptors (Lipinski definition) is 2. The zero-order valence-corrected chi connectivity index (χ0v) is 11.3. The SMILES string of the molecule is C[C@H](C(N)=O)[NH+]1CCN(c2cccc(Cl)c2)CC1. The average Bonchev–Trinajstić information content (AvgIpc) is 2.38. The second-order valence-electron chi connectivity index (χ2n) is 4.75. The Morgan fingerprint density at radius 2 is 2.11 bits per heavy atom. The van der Waals surface area contributed by atoms with E-state index in [1.165, 1.54) is 4.90 Å². The van der Waals surface area contributed by atoms with Gasteiger partial charge in [-0.3, -0.25) is 4.79 Å². The number of nitrogens with zero attached hydrogens (tertiary/aromatic N) is 1. The van der Waals surface area contributed by atoms with Gasteiger partial charge in [-0.15, -0.1) is 0 Å². The van der Waals surface area contributed by atoms with Crippen molar-refractivity contribution in [3.63, 3.8) is 0 Å². The van der Waals surface area contributed by atoms with Crippen LogP contribution in [0.4, 0.5) is 5.69 Å². The molecular weight excluding hydrogens is 250 g/mol. The predicted octanol–water partition coefficient (Wildman–Crippen LogP) is -0.0813. The van der Waals surface area contributed by atoms with Gasteiger partial charge in [0.2, 0.25) is 0 Å². The molecule has 1 amide bonds. The number of carbonyl (C=O) groups is 1. The number of amides is 1. The Balaban J connectivity index is 1.96. The zero-order valence-electron chi connectivity index (χ0n) is 10.5. The first-order valence-corrected chi connectivity index (χ1v) is 6.60. The topological polar surface area (TPSA) is 50.8 Å². The number of anilines is 1. The van der Waals surface area contributed by atoms with E-state index in [1.807, 2.05) is 25.1 Å². The summed E-state index contributed by atoms with van der Waals surface area (Å²) in [5, 5.41) is 0.757. The number of piperazine rings is 1. The first kappa shape index (κ1) is 13.2. The molecule has 0 saturated carbocycles. The van der Waals surface area contributed by atoms with Crippen LogP contribution in [-0.2, 0) is 4.79 Å². The Labute approximate surface area is 112 Å². The van der Waals surface area contributed by atoms with Crippen molar-refractivity contribution >= 4 is 23.2 Å². The molecule has 3 N–H and O–H groups in total. The fourth-order valence-corrected chi connectivity index (χ4v) is 2.54. The molecule has 4 nitrogen and oxygen atoms in total. The minimum Gasteiger partial charge on any atom is -0.365 e. The molecule has 0 radical (unpaired) electrons. The molecule has 1 atom stereocenters. The van der Waals surface area contributed by atoms with Gasteiger partial charge in [-0.25, -0.2) is 0 Å². The summed E-state index contributed by atoms with van der Waals surface area (Å²) in [6, 6.07) is 7.77. The smallest absolute Gasteiger partial charge is 0.275 e. The maximum absolute atomic E-state index is 11.2. The van der Waals surface area contributed by atoms with Crippen molar-refractivity contribution in [1.82, 2.24) is 0 Å². The van der Waals surface area contributed by atoms with Gasteiger partial charge in [0.1, 0.15) is 0 Å². The van der Waals surface area contributed by atoms with Crippen LogP contribution in [0.1, 0.15) is 6.92 Å². The van der Waals surface area contributed by atoms with E-state index in [0.717, 1.165) is 36.9 Å². The number of hydrogen-bond donors (Lipinski definition) is 2. The molecule has 0 aliphatic carbocycles. The Bertz CT molecular complexity index is 430. The van der Waals surface area contributed by atoms with Crippen LogP contribution in [0.3, 0.4) is 0 Å². The number of carbonyl (C=O) groups excluding carboxylic acids is 1. The van der Waals surface area contributed by atoms with Gasteiger partial charge in [0, 0.05) is 10.7 Å². The zero-order chi connectivity index (χ0) is 13.1. The highest BCUT2D eigenvalue weighted by molar-refractivity contribution is 6.30.